The second kappa shape index (κ2) is 12.9. The number of thioether (sulfide) groups is 1. The first-order valence-corrected chi connectivity index (χ1v) is 9.63. The van der Waals surface area contributed by atoms with Crippen LogP contribution < -0.4 is 21.7 Å². The van der Waals surface area contributed by atoms with Gasteiger partial charge in [0.25, 0.3) is 0 Å². The van der Waals surface area contributed by atoms with Gasteiger partial charge in [0.1, 0.15) is 18.6 Å². The fraction of sp³-hybridized carbons (Fsp3) is 0.667. The van der Waals surface area contributed by atoms with E-state index in [4.69, 9.17) is 15.9 Å². The zero-order valence-corrected chi connectivity index (χ0v) is 16.3. The van der Waals surface area contributed by atoms with Crippen molar-refractivity contribution in [2.75, 3.05) is 18.6 Å². The average Bonchev–Trinajstić information content (AvgIpc) is 2.59. The molecule has 160 valence electrons. The quantitative estimate of drug-likeness (QED) is 0.161. The average molecular weight is 422 g/mol. The summed E-state index contributed by atoms with van der Waals surface area (Å²) < 4.78 is 0. The smallest absolute Gasteiger partial charge is 0.322 e. The van der Waals surface area contributed by atoms with E-state index in [1.165, 1.54) is 18.7 Å². The van der Waals surface area contributed by atoms with Crippen LogP contribution in [-0.4, -0.2) is 87.8 Å². The number of carbonyl (C=O) groups is 5. The number of amides is 3. The molecule has 0 bridgehead atoms. The number of nitrogens with one attached hydrogen (secondary N) is 3. The molecular formula is C15H26N4O8S. The highest BCUT2D eigenvalue weighted by atomic mass is 32.2. The molecule has 0 aliphatic rings. The zero-order valence-electron chi connectivity index (χ0n) is 15.5. The van der Waals surface area contributed by atoms with Crippen molar-refractivity contribution in [1.82, 2.24) is 16.0 Å². The van der Waals surface area contributed by atoms with Crippen molar-refractivity contribution >= 4 is 41.4 Å². The van der Waals surface area contributed by atoms with E-state index in [1.54, 1.807) is 6.26 Å². The van der Waals surface area contributed by atoms with Crippen molar-refractivity contribution in [3.05, 3.63) is 0 Å². The maximum atomic E-state index is 12.5. The number of carboxylic acid groups (broad SMARTS) is 2. The lowest BCUT2D eigenvalue weighted by molar-refractivity contribution is -0.140. The molecule has 0 spiro atoms. The van der Waals surface area contributed by atoms with Crippen molar-refractivity contribution < 1.29 is 39.3 Å². The lowest BCUT2D eigenvalue weighted by atomic mass is 10.1. The SMILES string of the molecule is CSCCC(NC(=O)C(N)CC(=O)O)C(=O)NC(C(=O)NCC(=O)O)C(C)O. The molecule has 12 nitrogen and oxygen atoms in total. The van der Waals surface area contributed by atoms with Crippen molar-refractivity contribution in [1.29, 1.82) is 0 Å². The van der Waals surface area contributed by atoms with Gasteiger partial charge in [0.2, 0.25) is 17.7 Å². The number of rotatable bonds is 13. The summed E-state index contributed by atoms with van der Waals surface area (Å²) in [6, 6.07) is -3.95. The third-order valence-electron chi connectivity index (χ3n) is 3.45. The maximum absolute atomic E-state index is 12.5. The summed E-state index contributed by atoms with van der Waals surface area (Å²) in [6.07, 6.45) is -0.0487. The largest absolute Gasteiger partial charge is 0.481 e. The van der Waals surface area contributed by atoms with Gasteiger partial charge in [-0.05, 0) is 25.4 Å². The Labute approximate surface area is 165 Å². The van der Waals surface area contributed by atoms with Crippen LogP contribution in [0.2, 0.25) is 0 Å². The Morgan fingerprint density at radius 2 is 1.61 bits per heavy atom. The third-order valence-corrected chi connectivity index (χ3v) is 4.10. The van der Waals surface area contributed by atoms with Gasteiger partial charge in [0.15, 0.2) is 0 Å². The minimum absolute atomic E-state index is 0.155. The van der Waals surface area contributed by atoms with Gasteiger partial charge in [-0.3, -0.25) is 24.0 Å². The van der Waals surface area contributed by atoms with Gasteiger partial charge in [-0.1, -0.05) is 0 Å². The first-order chi connectivity index (χ1) is 13.0. The normalized spacial score (nSPS) is 14.9. The van der Waals surface area contributed by atoms with E-state index in [-0.39, 0.29) is 6.42 Å². The van der Waals surface area contributed by atoms with Gasteiger partial charge >= 0.3 is 11.9 Å². The van der Waals surface area contributed by atoms with Crippen LogP contribution in [-0.2, 0) is 24.0 Å². The molecule has 0 fully saturated rings. The Bertz CT molecular complexity index is 586. The van der Waals surface area contributed by atoms with Crippen LogP contribution in [0.4, 0.5) is 0 Å². The molecule has 0 aromatic rings. The molecule has 28 heavy (non-hydrogen) atoms. The summed E-state index contributed by atoms with van der Waals surface area (Å²) in [5.74, 6) is -4.70. The van der Waals surface area contributed by atoms with E-state index in [2.05, 4.69) is 10.6 Å². The highest BCUT2D eigenvalue weighted by molar-refractivity contribution is 7.98. The zero-order chi connectivity index (χ0) is 21.9. The number of hydrogen-bond donors (Lipinski definition) is 7. The lowest BCUT2D eigenvalue weighted by Gasteiger charge is -2.25. The van der Waals surface area contributed by atoms with E-state index >= 15 is 0 Å². The monoisotopic (exact) mass is 422 g/mol. The minimum atomic E-state index is -1.45. The van der Waals surface area contributed by atoms with Gasteiger partial charge in [0.05, 0.1) is 18.6 Å². The molecular weight excluding hydrogens is 396 g/mol. The van der Waals surface area contributed by atoms with Gasteiger partial charge in [-0.25, -0.2) is 0 Å². The summed E-state index contributed by atoms with van der Waals surface area (Å²) >= 11 is 1.39. The molecule has 0 saturated carbocycles. The van der Waals surface area contributed by atoms with E-state index in [9.17, 15) is 29.1 Å². The molecule has 8 N–H and O–H groups in total. The highest BCUT2D eigenvalue weighted by Crippen LogP contribution is 2.04. The molecule has 4 atom stereocenters. The van der Waals surface area contributed by atoms with Gasteiger partial charge in [0, 0.05) is 0 Å². The number of aliphatic hydroxyl groups excluding tert-OH is 1. The number of carbonyl (C=O) groups excluding carboxylic acids is 3. The van der Waals surface area contributed by atoms with E-state index in [0.717, 1.165) is 0 Å². The molecule has 3 amide bonds. The lowest BCUT2D eigenvalue weighted by Crippen LogP contribution is -2.58. The predicted molar refractivity (Wildman–Crippen MR) is 99.4 cm³/mol. The predicted octanol–water partition coefficient (Wildman–Crippen LogP) is -2.91. The van der Waals surface area contributed by atoms with Crippen molar-refractivity contribution in [2.45, 2.75) is 44.0 Å². The molecule has 13 heteroatoms. The second-order valence-electron chi connectivity index (χ2n) is 5.89. The first kappa shape index (κ1) is 25.6. The first-order valence-electron chi connectivity index (χ1n) is 8.24. The standard InChI is InChI=1S/C15H26N4O8S/c1-7(20)12(15(27)17-6-11(23)24)19-14(26)9(3-4-28-2)18-13(25)8(16)5-10(21)22/h7-9,12,20H,3-6,16H2,1-2H3,(H,17,27)(H,18,25)(H,19,26)(H,21,22)(H,23,24). The molecule has 0 saturated heterocycles. The van der Waals surface area contributed by atoms with Crippen LogP contribution in [0.3, 0.4) is 0 Å². The Kier molecular flexibility index (Phi) is 11.8. The fourth-order valence-corrected chi connectivity index (χ4v) is 2.47. The van der Waals surface area contributed by atoms with Gasteiger partial charge in [-0.15, -0.1) is 0 Å². The maximum Gasteiger partial charge on any atom is 0.322 e. The van der Waals surface area contributed by atoms with E-state index in [0.29, 0.717) is 5.75 Å². The van der Waals surface area contributed by atoms with E-state index < -0.39 is 66.9 Å². The minimum Gasteiger partial charge on any atom is -0.481 e. The van der Waals surface area contributed by atoms with Gasteiger partial charge in [-0.2, -0.15) is 11.8 Å². The Morgan fingerprint density at radius 3 is 2.07 bits per heavy atom. The molecule has 0 heterocycles. The molecule has 0 aromatic heterocycles. The number of carboxylic acids is 2. The van der Waals surface area contributed by atoms with Crippen LogP contribution >= 0.6 is 11.8 Å². The summed E-state index contributed by atoms with van der Waals surface area (Å²) in [7, 11) is 0. The van der Waals surface area contributed by atoms with Crippen LogP contribution in [0.1, 0.15) is 19.8 Å². The molecule has 0 radical (unpaired) electrons. The van der Waals surface area contributed by atoms with Crippen LogP contribution in [0.25, 0.3) is 0 Å². The van der Waals surface area contributed by atoms with Crippen molar-refractivity contribution in [3.8, 4) is 0 Å². The van der Waals surface area contributed by atoms with Crippen molar-refractivity contribution in [2.24, 2.45) is 5.73 Å². The van der Waals surface area contributed by atoms with Gasteiger partial charge < -0.3 is 37.0 Å². The topological polar surface area (TPSA) is 208 Å². The summed E-state index contributed by atoms with van der Waals surface area (Å²) in [5, 5.41) is 33.6. The van der Waals surface area contributed by atoms with Crippen LogP contribution in [0.5, 0.6) is 0 Å². The number of hydrogen-bond acceptors (Lipinski definition) is 8. The summed E-state index contributed by atoms with van der Waals surface area (Å²) in [4.78, 5) is 57.7. The van der Waals surface area contributed by atoms with E-state index in [1.807, 2.05) is 5.32 Å². The Balaban J connectivity index is 5.13. The second-order valence-corrected chi connectivity index (χ2v) is 6.87. The van der Waals surface area contributed by atoms with Crippen LogP contribution in [0.15, 0.2) is 0 Å². The number of aliphatic hydroxyl groups is 1. The highest BCUT2D eigenvalue weighted by Gasteiger charge is 2.30. The molecule has 0 aliphatic heterocycles. The van der Waals surface area contributed by atoms with Crippen LogP contribution in [0, 0.1) is 0 Å². The number of aliphatic carboxylic acids is 2. The van der Waals surface area contributed by atoms with Crippen molar-refractivity contribution in [3.63, 3.8) is 0 Å². The molecule has 4 unspecified atom stereocenters. The molecule has 0 aliphatic carbocycles. The summed E-state index contributed by atoms with van der Waals surface area (Å²) in [5.41, 5.74) is 5.47. The number of nitrogens with two attached hydrogens (primary N) is 1. The Morgan fingerprint density at radius 1 is 1.00 bits per heavy atom. The molecule has 0 rings (SSSR count). The third kappa shape index (κ3) is 10.1. The Hall–Kier alpha value is -2.38. The fourth-order valence-electron chi connectivity index (χ4n) is 2.00. The molecule has 0 aromatic carbocycles. The summed E-state index contributed by atoms with van der Waals surface area (Å²) in [6.45, 7) is 0.526.